The second-order valence-corrected chi connectivity index (χ2v) is 8.13. The fourth-order valence-electron chi connectivity index (χ4n) is 1.73. The molecule has 0 unspecified atom stereocenters. The van der Waals surface area contributed by atoms with E-state index in [-0.39, 0.29) is 11.6 Å². The van der Waals surface area contributed by atoms with Crippen molar-refractivity contribution in [2.45, 2.75) is 9.96 Å². The molecule has 1 aromatic carbocycles. The van der Waals surface area contributed by atoms with Crippen LogP contribution in [-0.2, 0) is 15.8 Å². The third kappa shape index (κ3) is 4.23. The largest absolute Gasteiger partial charge is 0.383 e. The lowest BCUT2D eigenvalue weighted by atomic mass is 10.2. The van der Waals surface area contributed by atoms with Gasteiger partial charge in [-0.05, 0) is 17.9 Å². The molecule has 8 heteroatoms. The summed E-state index contributed by atoms with van der Waals surface area (Å²) in [6.07, 6.45) is 1.85. The fraction of sp³-hybridized carbons (Fsp3) is 0.154. The van der Waals surface area contributed by atoms with E-state index >= 15 is 0 Å². The molecule has 0 amide bonds. The predicted molar refractivity (Wildman–Crippen MR) is 89.8 cm³/mol. The first-order valence-electron chi connectivity index (χ1n) is 5.98. The van der Waals surface area contributed by atoms with Crippen LogP contribution in [0.2, 0.25) is 0 Å². The first kappa shape index (κ1) is 15.9. The molecule has 0 aliphatic carbocycles. The van der Waals surface area contributed by atoms with Crippen LogP contribution in [0.15, 0.2) is 40.6 Å². The Hall–Kier alpha value is -1.51. The van der Waals surface area contributed by atoms with Crippen molar-refractivity contribution in [2.24, 2.45) is 5.73 Å². The summed E-state index contributed by atoms with van der Waals surface area (Å²) in [5.41, 5.74) is 6.65. The molecule has 0 bridgehead atoms. The molecule has 4 N–H and O–H groups in total. The van der Waals surface area contributed by atoms with E-state index in [4.69, 9.17) is 11.1 Å². The van der Waals surface area contributed by atoms with E-state index in [0.717, 1.165) is 9.77 Å². The molecule has 0 radical (unpaired) electrons. The maximum absolute atomic E-state index is 12.2. The summed E-state index contributed by atoms with van der Waals surface area (Å²) in [6.45, 7) is 0. The standard InChI is InChI=1S/C13H15N3O2S3/c1-19-13-10(7-11(20-13)12(14)15)16-21(17,18)8-9-5-3-2-4-6-9/h2-7,16H,8H2,1H3,(H3,14,15). The minimum atomic E-state index is -3.50. The second kappa shape index (κ2) is 6.50. The minimum absolute atomic E-state index is 0.0659. The van der Waals surface area contributed by atoms with Gasteiger partial charge in [0.15, 0.2) is 0 Å². The lowest BCUT2D eigenvalue weighted by molar-refractivity contribution is 0.600. The normalized spacial score (nSPS) is 11.3. The highest BCUT2D eigenvalue weighted by molar-refractivity contribution is 8.00. The lowest BCUT2D eigenvalue weighted by Gasteiger charge is -2.07. The molecular weight excluding hydrogens is 326 g/mol. The van der Waals surface area contributed by atoms with Gasteiger partial charge in [-0.25, -0.2) is 8.42 Å². The number of amidine groups is 1. The number of thioether (sulfide) groups is 1. The first-order chi connectivity index (χ1) is 9.91. The summed E-state index contributed by atoms with van der Waals surface area (Å²) in [4.78, 5) is 0.553. The maximum Gasteiger partial charge on any atom is 0.236 e. The molecular formula is C13H15N3O2S3. The molecule has 0 atom stereocenters. The summed E-state index contributed by atoms with van der Waals surface area (Å²) in [5.74, 6) is -0.156. The molecule has 112 valence electrons. The maximum atomic E-state index is 12.2. The molecule has 5 nitrogen and oxygen atoms in total. The summed E-state index contributed by atoms with van der Waals surface area (Å²) < 4.78 is 27.8. The predicted octanol–water partition coefficient (Wildman–Crippen LogP) is 2.70. The van der Waals surface area contributed by atoms with Gasteiger partial charge < -0.3 is 5.73 Å². The quantitative estimate of drug-likeness (QED) is 0.427. The molecule has 1 aromatic heterocycles. The number of hydrogen-bond donors (Lipinski definition) is 3. The van der Waals surface area contributed by atoms with Crippen molar-refractivity contribution in [1.82, 2.24) is 0 Å². The number of benzene rings is 1. The summed E-state index contributed by atoms with van der Waals surface area (Å²) in [7, 11) is -3.50. The summed E-state index contributed by atoms with van der Waals surface area (Å²) in [5, 5.41) is 7.43. The van der Waals surface area contributed by atoms with Crippen LogP contribution >= 0.6 is 23.1 Å². The number of nitrogen functional groups attached to an aromatic ring is 1. The highest BCUT2D eigenvalue weighted by Gasteiger charge is 2.17. The van der Waals surface area contributed by atoms with Gasteiger partial charge in [0.25, 0.3) is 0 Å². The van der Waals surface area contributed by atoms with Crippen molar-refractivity contribution in [2.75, 3.05) is 11.0 Å². The smallest absolute Gasteiger partial charge is 0.236 e. The Morgan fingerprint density at radius 1 is 1.38 bits per heavy atom. The molecule has 21 heavy (non-hydrogen) atoms. The third-order valence-electron chi connectivity index (χ3n) is 2.61. The Labute approximate surface area is 132 Å². The van der Waals surface area contributed by atoms with E-state index in [9.17, 15) is 8.42 Å². The van der Waals surface area contributed by atoms with Crippen molar-refractivity contribution in [3.63, 3.8) is 0 Å². The van der Waals surface area contributed by atoms with E-state index in [1.54, 1.807) is 30.3 Å². The number of nitrogens with one attached hydrogen (secondary N) is 2. The Kier molecular flexibility index (Phi) is 4.92. The van der Waals surface area contributed by atoms with Crippen LogP contribution in [0.25, 0.3) is 0 Å². The lowest BCUT2D eigenvalue weighted by Crippen LogP contribution is -2.15. The highest BCUT2D eigenvalue weighted by atomic mass is 32.2. The molecule has 2 rings (SSSR count). The first-order valence-corrected chi connectivity index (χ1v) is 9.67. The van der Waals surface area contributed by atoms with E-state index in [2.05, 4.69) is 4.72 Å². The zero-order valence-electron chi connectivity index (χ0n) is 11.3. The van der Waals surface area contributed by atoms with Crippen molar-refractivity contribution >= 4 is 44.6 Å². The average Bonchev–Trinajstić information content (AvgIpc) is 2.81. The molecule has 0 spiro atoms. The van der Waals surface area contributed by atoms with Crippen LogP contribution in [-0.4, -0.2) is 20.5 Å². The van der Waals surface area contributed by atoms with Crippen LogP contribution in [0.5, 0.6) is 0 Å². The van der Waals surface area contributed by atoms with Gasteiger partial charge in [-0.3, -0.25) is 10.1 Å². The van der Waals surface area contributed by atoms with Crippen molar-refractivity contribution in [3.8, 4) is 0 Å². The van der Waals surface area contributed by atoms with Gasteiger partial charge >= 0.3 is 0 Å². The number of thiophene rings is 1. The highest BCUT2D eigenvalue weighted by Crippen LogP contribution is 2.35. The SMILES string of the molecule is CSc1sc(C(=N)N)cc1NS(=O)(=O)Cc1ccccc1. The Balaban J connectivity index is 2.22. The van der Waals surface area contributed by atoms with E-state index in [0.29, 0.717) is 10.6 Å². The Bertz CT molecular complexity index is 739. The number of rotatable bonds is 6. The van der Waals surface area contributed by atoms with Crippen molar-refractivity contribution in [1.29, 1.82) is 5.41 Å². The molecule has 0 saturated heterocycles. The molecule has 2 aromatic rings. The number of hydrogen-bond acceptors (Lipinski definition) is 5. The van der Waals surface area contributed by atoms with Crippen LogP contribution in [0.4, 0.5) is 5.69 Å². The minimum Gasteiger partial charge on any atom is -0.383 e. The monoisotopic (exact) mass is 341 g/mol. The topological polar surface area (TPSA) is 96.0 Å². The van der Waals surface area contributed by atoms with E-state index in [1.807, 2.05) is 12.3 Å². The van der Waals surface area contributed by atoms with Crippen LogP contribution < -0.4 is 10.5 Å². The Morgan fingerprint density at radius 2 is 2.05 bits per heavy atom. The van der Waals surface area contributed by atoms with Gasteiger partial charge in [0.05, 0.1) is 20.5 Å². The Morgan fingerprint density at radius 3 is 2.62 bits per heavy atom. The van der Waals surface area contributed by atoms with E-state index < -0.39 is 10.0 Å². The number of sulfonamides is 1. The van der Waals surface area contributed by atoms with Crippen LogP contribution in [0.1, 0.15) is 10.4 Å². The zero-order valence-corrected chi connectivity index (χ0v) is 13.7. The van der Waals surface area contributed by atoms with Gasteiger partial charge in [0.1, 0.15) is 5.84 Å². The summed E-state index contributed by atoms with van der Waals surface area (Å²) >= 11 is 2.72. The molecule has 0 fully saturated rings. The number of anilines is 1. The third-order valence-corrected chi connectivity index (χ3v) is 6.16. The molecule has 0 aliphatic heterocycles. The van der Waals surface area contributed by atoms with Crippen LogP contribution in [0.3, 0.4) is 0 Å². The van der Waals surface area contributed by atoms with Gasteiger partial charge in [-0.2, -0.15) is 0 Å². The van der Waals surface area contributed by atoms with Crippen molar-refractivity contribution < 1.29 is 8.42 Å². The van der Waals surface area contributed by atoms with Crippen molar-refractivity contribution in [3.05, 3.63) is 46.8 Å². The zero-order chi connectivity index (χ0) is 15.5. The van der Waals surface area contributed by atoms with Gasteiger partial charge in [0, 0.05) is 0 Å². The fourth-order valence-corrected chi connectivity index (χ4v) is 4.69. The average molecular weight is 341 g/mol. The molecule has 1 heterocycles. The summed E-state index contributed by atoms with van der Waals surface area (Å²) in [6, 6.07) is 10.6. The van der Waals surface area contributed by atoms with E-state index in [1.165, 1.54) is 23.1 Å². The van der Waals surface area contributed by atoms with Crippen LogP contribution in [0, 0.1) is 5.41 Å². The van der Waals surface area contributed by atoms with Gasteiger partial charge in [0.2, 0.25) is 10.0 Å². The number of nitrogens with two attached hydrogens (primary N) is 1. The molecule has 0 aliphatic rings. The van der Waals surface area contributed by atoms with Gasteiger partial charge in [-0.1, -0.05) is 30.3 Å². The molecule has 0 saturated carbocycles. The second-order valence-electron chi connectivity index (χ2n) is 4.28. The van der Waals surface area contributed by atoms with Gasteiger partial charge in [-0.15, -0.1) is 23.1 Å².